The molecule has 13 heavy (non-hydrogen) atoms. The number of carbonyl (C=O) groups excluding carboxylic acids is 1. The van der Waals surface area contributed by atoms with E-state index in [0.717, 1.165) is 0 Å². The van der Waals surface area contributed by atoms with Gasteiger partial charge in [0.05, 0.1) is 4.92 Å². The predicted octanol–water partition coefficient (Wildman–Crippen LogP) is 1.50. The minimum absolute atomic E-state index is 0.0787. The number of pyridine rings is 1. The molecule has 0 aliphatic heterocycles. The van der Waals surface area contributed by atoms with Gasteiger partial charge in [-0.25, -0.2) is 4.98 Å². The lowest BCUT2D eigenvalue weighted by molar-refractivity contribution is -0.385. The molecule has 1 aromatic rings. The van der Waals surface area contributed by atoms with E-state index in [9.17, 15) is 14.9 Å². The van der Waals surface area contributed by atoms with Crippen molar-refractivity contribution >= 4 is 11.5 Å². The average molecular weight is 180 g/mol. The van der Waals surface area contributed by atoms with Crippen molar-refractivity contribution in [3.8, 4) is 0 Å². The molecule has 0 aliphatic carbocycles. The fourth-order valence-corrected chi connectivity index (χ4v) is 0.956. The van der Waals surface area contributed by atoms with Crippen LogP contribution >= 0.6 is 0 Å². The molecule has 5 heteroatoms. The highest BCUT2D eigenvalue weighted by atomic mass is 16.6. The zero-order valence-electron chi connectivity index (χ0n) is 7.27. The van der Waals surface area contributed by atoms with E-state index in [1.807, 2.05) is 0 Å². The highest BCUT2D eigenvalue weighted by Gasteiger charge is 2.18. The van der Waals surface area contributed by atoms with Crippen molar-refractivity contribution in [2.24, 2.45) is 0 Å². The van der Waals surface area contributed by atoms with Crippen molar-refractivity contribution in [3.05, 3.63) is 33.6 Å². The fourth-order valence-electron chi connectivity index (χ4n) is 0.956. The Labute approximate surface area is 74.6 Å². The van der Waals surface area contributed by atoms with Crippen LogP contribution in [0.5, 0.6) is 0 Å². The maximum atomic E-state index is 11.0. The van der Waals surface area contributed by atoms with Crippen molar-refractivity contribution in [2.75, 3.05) is 0 Å². The van der Waals surface area contributed by atoms with Gasteiger partial charge in [-0.1, -0.05) is 0 Å². The summed E-state index contributed by atoms with van der Waals surface area (Å²) >= 11 is 0. The quantitative estimate of drug-likeness (QED) is 0.392. The standard InChI is InChI=1S/C8H8N2O3/c1-5-3-4-7(10(12)13)8(9-5)6(2)11/h3-4H,1-2H3. The second kappa shape index (κ2) is 3.30. The van der Waals surface area contributed by atoms with E-state index in [4.69, 9.17) is 0 Å². The summed E-state index contributed by atoms with van der Waals surface area (Å²) in [6.07, 6.45) is 0. The lowest BCUT2D eigenvalue weighted by atomic mass is 10.2. The molecular formula is C8H8N2O3. The van der Waals surface area contributed by atoms with Gasteiger partial charge in [0.1, 0.15) is 0 Å². The fraction of sp³-hybridized carbons (Fsp3) is 0.250. The second-order valence-electron chi connectivity index (χ2n) is 2.63. The first-order chi connectivity index (χ1) is 6.02. The van der Waals surface area contributed by atoms with Crippen LogP contribution in [-0.4, -0.2) is 15.7 Å². The number of aryl methyl sites for hydroxylation is 1. The third kappa shape index (κ3) is 1.87. The summed E-state index contributed by atoms with van der Waals surface area (Å²) in [6.45, 7) is 2.94. The maximum Gasteiger partial charge on any atom is 0.298 e. The molecule has 68 valence electrons. The van der Waals surface area contributed by atoms with Crippen molar-refractivity contribution in [2.45, 2.75) is 13.8 Å². The molecule has 0 fully saturated rings. The number of ketones is 1. The summed E-state index contributed by atoms with van der Waals surface area (Å²) in [6, 6.07) is 2.80. The number of nitrogens with zero attached hydrogens (tertiary/aromatic N) is 2. The Morgan fingerprint density at radius 3 is 2.62 bits per heavy atom. The Morgan fingerprint density at radius 1 is 1.54 bits per heavy atom. The predicted molar refractivity (Wildman–Crippen MR) is 45.6 cm³/mol. The Morgan fingerprint density at radius 2 is 2.15 bits per heavy atom. The molecule has 0 aromatic carbocycles. The van der Waals surface area contributed by atoms with Gasteiger partial charge in [0.15, 0.2) is 11.5 Å². The average Bonchev–Trinajstić information content (AvgIpc) is 2.03. The first-order valence-corrected chi connectivity index (χ1v) is 3.65. The molecule has 0 saturated carbocycles. The smallest absolute Gasteiger partial charge is 0.292 e. The topological polar surface area (TPSA) is 73.1 Å². The number of nitro groups is 1. The SMILES string of the molecule is CC(=O)c1nc(C)ccc1[N+](=O)[O-]. The van der Waals surface area contributed by atoms with Gasteiger partial charge in [-0.05, 0) is 13.0 Å². The van der Waals surface area contributed by atoms with E-state index >= 15 is 0 Å². The first-order valence-electron chi connectivity index (χ1n) is 3.65. The maximum absolute atomic E-state index is 11.0. The molecule has 0 spiro atoms. The van der Waals surface area contributed by atoms with Crippen LogP contribution in [0.4, 0.5) is 5.69 Å². The molecule has 0 unspecified atom stereocenters. The van der Waals surface area contributed by atoms with Gasteiger partial charge in [-0.3, -0.25) is 14.9 Å². The summed E-state index contributed by atoms with van der Waals surface area (Å²) in [7, 11) is 0. The summed E-state index contributed by atoms with van der Waals surface area (Å²) in [5.74, 6) is -0.393. The third-order valence-corrected chi connectivity index (χ3v) is 1.54. The number of carbonyl (C=O) groups is 1. The molecule has 0 aliphatic rings. The van der Waals surface area contributed by atoms with Crippen LogP contribution in [0.15, 0.2) is 12.1 Å². The van der Waals surface area contributed by atoms with E-state index in [0.29, 0.717) is 5.69 Å². The molecule has 0 saturated heterocycles. The highest BCUT2D eigenvalue weighted by Crippen LogP contribution is 2.16. The van der Waals surface area contributed by atoms with Crippen molar-refractivity contribution in [3.63, 3.8) is 0 Å². The zero-order valence-corrected chi connectivity index (χ0v) is 7.27. The van der Waals surface area contributed by atoms with Crippen LogP contribution in [0.3, 0.4) is 0 Å². The van der Waals surface area contributed by atoms with Gasteiger partial charge >= 0.3 is 0 Å². The summed E-state index contributed by atoms with van der Waals surface area (Å²) in [5, 5.41) is 10.5. The minimum atomic E-state index is -0.608. The van der Waals surface area contributed by atoms with Crippen LogP contribution in [0, 0.1) is 17.0 Å². The Bertz CT molecular complexity index is 374. The molecule has 0 radical (unpaired) electrons. The van der Waals surface area contributed by atoms with Gasteiger partial charge in [0, 0.05) is 18.7 Å². The molecular weight excluding hydrogens is 172 g/mol. The highest BCUT2D eigenvalue weighted by molar-refractivity contribution is 5.95. The molecule has 0 amide bonds. The largest absolute Gasteiger partial charge is 0.298 e. The van der Waals surface area contributed by atoms with Crippen molar-refractivity contribution in [1.82, 2.24) is 4.98 Å². The lowest BCUT2D eigenvalue weighted by Gasteiger charge is -1.98. The van der Waals surface area contributed by atoms with Gasteiger partial charge in [0.25, 0.3) is 5.69 Å². The van der Waals surface area contributed by atoms with E-state index in [-0.39, 0.29) is 11.4 Å². The van der Waals surface area contributed by atoms with E-state index in [2.05, 4.69) is 4.98 Å². The normalized spacial score (nSPS) is 9.69. The van der Waals surface area contributed by atoms with Gasteiger partial charge in [0.2, 0.25) is 0 Å². The minimum Gasteiger partial charge on any atom is -0.292 e. The number of Topliss-reactive ketones (excluding diaryl/α,β-unsaturated/α-hetero) is 1. The second-order valence-corrected chi connectivity index (χ2v) is 2.63. The Kier molecular flexibility index (Phi) is 2.36. The monoisotopic (exact) mass is 180 g/mol. The number of aromatic nitrogens is 1. The van der Waals surface area contributed by atoms with Gasteiger partial charge in [-0.2, -0.15) is 0 Å². The molecule has 0 N–H and O–H groups in total. The van der Waals surface area contributed by atoms with Crippen LogP contribution < -0.4 is 0 Å². The van der Waals surface area contributed by atoms with E-state index < -0.39 is 10.7 Å². The summed E-state index contributed by atoms with van der Waals surface area (Å²) in [5.41, 5.74) is 0.277. The molecule has 0 bridgehead atoms. The zero-order chi connectivity index (χ0) is 10.0. The molecule has 1 aromatic heterocycles. The van der Waals surface area contributed by atoms with Crippen molar-refractivity contribution in [1.29, 1.82) is 0 Å². The molecule has 5 nitrogen and oxygen atoms in total. The number of hydrogen-bond acceptors (Lipinski definition) is 4. The van der Waals surface area contributed by atoms with Gasteiger partial charge < -0.3 is 0 Å². The third-order valence-electron chi connectivity index (χ3n) is 1.54. The van der Waals surface area contributed by atoms with Crippen LogP contribution in [0.1, 0.15) is 23.1 Å². The number of rotatable bonds is 2. The molecule has 0 atom stereocenters. The molecule has 1 heterocycles. The van der Waals surface area contributed by atoms with Crippen LogP contribution in [0.2, 0.25) is 0 Å². The first kappa shape index (κ1) is 9.31. The molecule has 1 rings (SSSR count). The summed E-state index contributed by atoms with van der Waals surface area (Å²) in [4.78, 5) is 24.6. The van der Waals surface area contributed by atoms with Crippen molar-refractivity contribution < 1.29 is 9.72 Å². The van der Waals surface area contributed by atoms with Gasteiger partial charge in [-0.15, -0.1) is 0 Å². The lowest BCUT2D eigenvalue weighted by Crippen LogP contribution is -2.04. The Hall–Kier alpha value is -1.78. The number of hydrogen-bond donors (Lipinski definition) is 0. The summed E-state index contributed by atoms with van der Waals surface area (Å²) < 4.78 is 0. The Balaban J connectivity index is 3.35. The van der Waals surface area contributed by atoms with E-state index in [1.165, 1.54) is 19.1 Å². The van der Waals surface area contributed by atoms with Crippen LogP contribution in [0.25, 0.3) is 0 Å². The van der Waals surface area contributed by atoms with E-state index in [1.54, 1.807) is 6.92 Å². The van der Waals surface area contributed by atoms with Crippen LogP contribution in [-0.2, 0) is 0 Å².